The second-order valence-corrected chi connectivity index (χ2v) is 4.46. The van der Waals surface area contributed by atoms with Crippen LogP contribution in [0.3, 0.4) is 0 Å². The summed E-state index contributed by atoms with van der Waals surface area (Å²) < 4.78 is 5.08. The SMILES string of the molecule is COc1cc([C@H]2[C@H](N)C2(C)C)ccn1. The Morgan fingerprint density at radius 1 is 1.50 bits per heavy atom. The molecule has 3 nitrogen and oxygen atoms in total. The monoisotopic (exact) mass is 192 g/mol. The maximum absolute atomic E-state index is 6.01. The zero-order chi connectivity index (χ0) is 10.3. The van der Waals surface area contributed by atoms with Gasteiger partial charge in [-0.3, -0.25) is 0 Å². The van der Waals surface area contributed by atoms with Gasteiger partial charge in [-0.15, -0.1) is 0 Å². The number of pyridine rings is 1. The Labute approximate surface area is 84.3 Å². The van der Waals surface area contributed by atoms with Crippen molar-refractivity contribution >= 4 is 0 Å². The minimum atomic E-state index is 0.215. The van der Waals surface area contributed by atoms with E-state index in [0.717, 1.165) is 0 Å². The zero-order valence-corrected chi connectivity index (χ0v) is 8.82. The van der Waals surface area contributed by atoms with Gasteiger partial charge in [0.1, 0.15) is 0 Å². The topological polar surface area (TPSA) is 48.1 Å². The Morgan fingerprint density at radius 2 is 2.14 bits per heavy atom. The molecular formula is C11H16N2O. The van der Waals surface area contributed by atoms with E-state index in [4.69, 9.17) is 10.5 Å². The maximum atomic E-state index is 6.01. The third-order valence-corrected chi connectivity index (χ3v) is 3.24. The molecule has 1 aromatic rings. The molecule has 2 atom stereocenters. The van der Waals surface area contributed by atoms with Crippen LogP contribution < -0.4 is 10.5 Å². The van der Waals surface area contributed by atoms with Crippen molar-refractivity contribution in [3.8, 4) is 5.88 Å². The molecule has 0 amide bonds. The van der Waals surface area contributed by atoms with Crippen LogP contribution in [-0.2, 0) is 0 Å². The van der Waals surface area contributed by atoms with E-state index in [9.17, 15) is 0 Å². The van der Waals surface area contributed by atoms with Gasteiger partial charge in [0.05, 0.1) is 7.11 Å². The summed E-state index contributed by atoms with van der Waals surface area (Å²) in [7, 11) is 1.63. The van der Waals surface area contributed by atoms with Gasteiger partial charge >= 0.3 is 0 Å². The van der Waals surface area contributed by atoms with Crippen LogP contribution in [0.15, 0.2) is 18.3 Å². The Hall–Kier alpha value is -1.09. The van der Waals surface area contributed by atoms with Crippen LogP contribution in [0, 0.1) is 5.41 Å². The van der Waals surface area contributed by atoms with E-state index in [1.807, 2.05) is 12.1 Å². The molecule has 1 saturated carbocycles. The minimum Gasteiger partial charge on any atom is -0.481 e. The summed E-state index contributed by atoms with van der Waals surface area (Å²) in [4.78, 5) is 4.08. The summed E-state index contributed by atoms with van der Waals surface area (Å²) >= 11 is 0. The van der Waals surface area contributed by atoms with Crippen molar-refractivity contribution < 1.29 is 4.74 Å². The van der Waals surface area contributed by atoms with Crippen molar-refractivity contribution in [2.75, 3.05) is 7.11 Å². The lowest BCUT2D eigenvalue weighted by Crippen LogP contribution is -2.06. The maximum Gasteiger partial charge on any atom is 0.213 e. The molecule has 1 aromatic heterocycles. The smallest absolute Gasteiger partial charge is 0.213 e. The number of hydrogen-bond donors (Lipinski definition) is 1. The molecule has 0 spiro atoms. The average Bonchev–Trinajstić information content (AvgIpc) is 2.66. The number of aromatic nitrogens is 1. The quantitative estimate of drug-likeness (QED) is 0.773. The molecule has 1 aliphatic carbocycles. The molecule has 1 fully saturated rings. The van der Waals surface area contributed by atoms with Gasteiger partial charge in [-0.1, -0.05) is 13.8 Å². The van der Waals surface area contributed by atoms with Crippen LogP contribution >= 0.6 is 0 Å². The molecule has 0 saturated heterocycles. The zero-order valence-electron chi connectivity index (χ0n) is 8.82. The highest BCUT2D eigenvalue weighted by Gasteiger charge is 2.56. The van der Waals surface area contributed by atoms with Crippen molar-refractivity contribution in [3.05, 3.63) is 23.9 Å². The minimum absolute atomic E-state index is 0.215. The fourth-order valence-electron chi connectivity index (χ4n) is 2.04. The lowest BCUT2D eigenvalue weighted by molar-refractivity contribution is 0.397. The first-order valence-electron chi connectivity index (χ1n) is 4.83. The highest BCUT2D eigenvalue weighted by Crippen LogP contribution is 2.57. The van der Waals surface area contributed by atoms with Crippen molar-refractivity contribution in [3.63, 3.8) is 0 Å². The summed E-state index contributed by atoms with van der Waals surface area (Å²) in [6, 6.07) is 4.25. The van der Waals surface area contributed by atoms with Gasteiger partial charge in [-0.05, 0) is 17.0 Å². The van der Waals surface area contributed by atoms with Gasteiger partial charge in [0.2, 0.25) is 5.88 Å². The van der Waals surface area contributed by atoms with Crippen molar-refractivity contribution in [1.82, 2.24) is 4.98 Å². The van der Waals surface area contributed by atoms with Gasteiger partial charge in [0.15, 0.2) is 0 Å². The van der Waals surface area contributed by atoms with Gasteiger partial charge < -0.3 is 10.5 Å². The molecule has 0 unspecified atom stereocenters. The second kappa shape index (κ2) is 2.95. The Morgan fingerprint density at radius 3 is 2.64 bits per heavy atom. The lowest BCUT2D eigenvalue weighted by atomic mass is 10.0. The van der Waals surface area contributed by atoms with Crippen LogP contribution in [0.2, 0.25) is 0 Å². The predicted octanol–water partition coefficient (Wildman–Crippen LogP) is 1.54. The number of ether oxygens (including phenoxy) is 1. The molecule has 2 rings (SSSR count). The van der Waals surface area contributed by atoms with Crippen LogP contribution in [0.4, 0.5) is 0 Å². The van der Waals surface area contributed by atoms with Gasteiger partial charge in [-0.2, -0.15) is 0 Å². The summed E-state index contributed by atoms with van der Waals surface area (Å²) in [5.74, 6) is 1.11. The van der Waals surface area contributed by atoms with Crippen molar-refractivity contribution in [2.45, 2.75) is 25.8 Å². The Kier molecular flexibility index (Phi) is 2.00. The third-order valence-electron chi connectivity index (χ3n) is 3.24. The molecule has 1 aliphatic rings. The number of hydrogen-bond acceptors (Lipinski definition) is 3. The molecule has 1 heterocycles. The molecule has 0 bridgehead atoms. The normalized spacial score (nSPS) is 28.6. The first kappa shape index (κ1) is 9.46. The van der Waals surface area contributed by atoms with Gasteiger partial charge in [-0.25, -0.2) is 4.98 Å². The molecule has 14 heavy (non-hydrogen) atoms. The van der Waals surface area contributed by atoms with E-state index in [1.54, 1.807) is 13.3 Å². The van der Waals surface area contributed by atoms with Gasteiger partial charge in [0, 0.05) is 24.2 Å². The van der Waals surface area contributed by atoms with Crippen molar-refractivity contribution in [2.24, 2.45) is 11.1 Å². The molecular weight excluding hydrogens is 176 g/mol. The van der Waals surface area contributed by atoms with Crippen LogP contribution in [0.5, 0.6) is 5.88 Å². The Bertz CT molecular complexity index is 349. The molecule has 76 valence electrons. The summed E-state index contributed by atoms with van der Waals surface area (Å²) in [5, 5.41) is 0. The highest BCUT2D eigenvalue weighted by molar-refractivity contribution is 5.35. The van der Waals surface area contributed by atoms with E-state index >= 15 is 0 Å². The molecule has 0 aliphatic heterocycles. The largest absolute Gasteiger partial charge is 0.481 e. The molecule has 0 aromatic carbocycles. The van der Waals surface area contributed by atoms with E-state index in [2.05, 4.69) is 18.8 Å². The van der Waals surface area contributed by atoms with Gasteiger partial charge in [0.25, 0.3) is 0 Å². The first-order valence-corrected chi connectivity index (χ1v) is 4.83. The fraction of sp³-hybridized carbons (Fsp3) is 0.545. The third kappa shape index (κ3) is 1.28. The summed E-state index contributed by atoms with van der Waals surface area (Å²) in [6.07, 6.45) is 1.77. The highest BCUT2D eigenvalue weighted by atomic mass is 16.5. The second-order valence-electron chi connectivity index (χ2n) is 4.46. The molecule has 3 heteroatoms. The van der Waals surface area contributed by atoms with E-state index in [0.29, 0.717) is 11.8 Å². The summed E-state index contributed by atoms with van der Waals surface area (Å²) in [6.45, 7) is 4.38. The van der Waals surface area contributed by atoms with Crippen molar-refractivity contribution in [1.29, 1.82) is 0 Å². The number of nitrogens with two attached hydrogens (primary N) is 1. The van der Waals surface area contributed by atoms with Crippen LogP contribution in [0.1, 0.15) is 25.3 Å². The summed E-state index contributed by atoms with van der Waals surface area (Å²) in [5.41, 5.74) is 7.45. The fourth-order valence-corrected chi connectivity index (χ4v) is 2.04. The molecule has 0 radical (unpaired) electrons. The first-order chi connectivity index (χ1) is 6.57. The predicted molar refractivity (Wildman–Crippen MR) is 55.3 cm³/mol. The van der Waals surface area contributed by atoms with E-state index in [1.165, 1.54) is 5.56 Å². The van der Waals surface area contributed by atoms with E-state index < -0.39 is 0 Å². The van der Waals surface area contributed by atoms with Crippen LogP contribution in [-0.4, -0.2) is 18.1 Å². The van der Waals surface area contributed by atoms with Crippen LogP contribution in [0.25, 0.3) is 0 Å². The van der Waals surface area contributed by atoms with E-state index in [-0.39, 0.29) is 11.5 Å². The average molecular weight is 192 g/mol. The number of methoxy groups -OCH3 is 1. The number of nitrogens with zero attached hydrogens (tertiary/aromatic N) is 1. The lowest BCUT2D eigenvalue weighted by Gasteiger charge is -2.04. The molecule has 2 N–H and O–H groups in total. The number of rotatable bonds is 2. The Balaban J connectivity index is 2.26. The standard InChI is InChI=1S/C11H16N2O/c1-11(2)9(10(11)12)7-4-5-13-8(6-7)14-3/h4-6,9-10H,12H2,1-3H3/t9-,10-/m0/s1.